The van der Waals surface area contributed by atoms with Crippen LogP contribution in [-0.2, 0) is 14.9 Å². The molecule has 0 aliphatic rings. The van der Waals surface area contributed by atoms with Crippen molar-refractivity contribution < 1.29 is 22.2 Å². The molecule has 182 valence electrons. The second-order valence-corrected chi connectivity index (χ2v) is 10.1. The number of carbonyl (C=O) groups excluding carboxylic acids is 2. The predicted octanol–water partition coefficient (Wildman–Crippen LogP) is 5.09. The third-order valence-electron chi connectivity index (χ3n) is 5.01. The van der Waals surface area contributed by atoms with Crippen LogP contribution in [0.2, 0.25) is 0 Å². The Morgan fingerprint density at radius 3 is 2.33 bits per heavy atom. The zero-order chi connectivity index (χ0) is 25.7. The average Bonchev–Trinajstić information content (AvgIpc) is 2.85. The molecule has 0 radical (unpaired) electrons. The Balaban J connectivity index is 1.41. The maximum atomic E-state index is 12.6. The summed E-state index contributed by atoms with van der Waals surface area (Å²) < 4.78 is 30.9. The number of nitrogens with zero attached hydrogens (tertiary/aromatic N) is 1. The fraction of sp³-hybridized carbons (Fsp3) is 0.0385. The van der Waals surface area contributed by atoms with Gasteiger partial charge in [0.15, 0.2) is 5.75 Å². The highest BCUT2D eigenvalue weighted by Crippen LogP contribution is 2.29. The minimum absolute atomic E-state index is 0.0643. The molecule has 0 bridgehead atoms. The van der Waals surface area contributed by atoms with E-state index in [-0.39, 0.29) is 22.5 Å². The van der Waals surface area contributed by atoms with Crippen LogP contribution in [0.25, 0.3) is 10.8 Å². The summed E-state index contributed by atoms with van der Waals surface area (Å²) in [7, 11) is -4.10. The maximum absolute atomic E-state index is 12.6. The normalized spacial score (nSPS) is 11.4. The van der Waals surface area contributed by atoms with Crippen LogP contribution in [0.5, 0.6) is 5.75 Å². The second kappa shape index (κ2) is 10.7. The van der Waals surface area contributed by atoms with E-state index in [0.29, 0.717) is 21.3 Å². The standard InChI is InChI=1S/C26H20BrN3O5S/c1-17(31)29-22-9-11-23(12-10-22)36(33,34)35-25-13-6-18(14-24(25)27)16-28-30-26(32)21-8-7-19-4-2-3-5-20(19)15-21/h2-16H,1H3,(H,29,31)(H,30,32)/b28-16-. The molecule has 0 aliphatic carbocycles. The summed E-state index contributed by atoms with van der Waals surface area (Å²) in [4.78, 5) is 23.5. The van der Waals surface area contributed by atoms with Crippen LogP contribution in [0.15, 0.2) is 99.4 Å². The zero-order valence-electron chi connectivity index (χ0n) is 18.9. The Bertz CT molecular complexity index is 1590. The Morgan fingerprint density at radius 1 is 0.917 bits per heavy atom. The molecule has 0 unspecified atom stereocenters. The highest BCUT2D eigenvalue weighted by Gasteiger charge is 2.18. The van der Waals surface area contributed by atoms with Gasteiger partial charge in [-0.1, -0.05) is 30.3 Å². The molecule has 2 amide bonds. The van der Waals surface area contributed by atoms with Gasteiger partial charge >= 0.3 is 10.1 Å². The number of benzene rings is 4. The Labute approximate surface area is 216 Å². The van der Waals surface area contributed by atoms with Crippen molar-refractivity contribution in [1.29, 1.82) is 0 Å². The molecule has 0 saturated heterocycles. The number of nitrogens with one attached hydrogen (secondary N) is 2. The van der Waals surface area contributed by atoms with Gasteiger partial charge in [-0.25, -0.2) is 5.43 Å². The van der Waals surface area contributed by atoms with Gasteiger partial charge in [0.2, 0.25) is 5.91 Å². The highest BCUT2D eigenvalue weighted by atomic mass is 79.9. The molecule has 4 aromatic rings. The van der Waals surface area contributed by atoms with Crippen LogP contribution < -0.4 is 14.9 Å². The van der Waals surface area contributed by atoms with Crippen LogP contribution in [0.3, 0.4) is 0 Å². The SMILES string of the molecule is CC(=O)Nc1ccc(S(=O)(=O)Oc2ccc(/C=N\NC(=O)c3ccc4ccccc4c3)cc2Br)cc1. The molecule has 4 aromatic carbocycles. The molecule has 0 saturated carbocycles. The number of fused-ring (bicyclic) bond motifs is 1. The van der Waals surface area contributed by atoms with Crippen LogP contribution >= 0.6 is 15.9 Å². The molecular formula is C26H20BrN3O5S. The van der Waals surface area contributed by atoms with E-state index >= 15 is 0 Å². The summed E-state index contributed by atoms with van der Waals surface area (Å²) in [6, 6.07) is 23.4. The summed E-state index contributed by atoms with van der Waals surface area (Å²) in [6.07, 6.45) is 1.43. The second-order valence-electron chi connectivity index (χ2n) is 7.69. The van der Waals surface area contributed by atoms with E-state index in [0.717, 1.165) is 10.8 Å². The van der Waals surface area contributed by atoms with Crippen LogP contribution in [0.1, 0.15) is 22.8 Å². The van der Waals surface area contributed by atoms with Crippen LogP contribution in [-0.4, -0.2) is 26.4 Å². The van der Waals surface area contributed by atoms with Crippen molar-refractivity contribution in [3.8, 4) is 5.75 Å². The van der Waals surface area contributed by atoms with E-state index in [1.165, 1.54) is 43.5 Å². The van der Waals surface area contributed by atoms with Gasteiger partial charge in [-0.15, -0.1) is 0 Å². The Hall–Kier alpha value is -4.02. The first-order chi connectivity index (χ1) is 17.2. The Morgan fingerprint density at radius 2 is 1.64 bits per heavy atom. The van der Waals surface area contributed by atoms with E-state index < -0.39 is 10.1 Å². The summed E-state index contributed by atoms with van der Waals surface area (Å²) in [5.41, 5.74) is 4.04. The molecule has 0 atom stereocenters. The van der Waals surface area contributed by atoms with E-state index in [1.54, 1.807) is 24.3 Å². The number of amides is 2. The smallest absolute Gasteiger partial charge is 0.339 e. The number of hydrogen-bond donors (Lipinski definition) is 2. The molecule has 0 fully saturated rings. The molecule has 8 nitrogen and oxygen atoms in total. The van der Waals surface area contributed by atoms with Gasteiger partial charge in [-0.05, 0) is 86.9 Å². The zero-order valence-corrected chi connectivity index (χ0v) is 21.3. The van der Waals surface area contributed by atoms with Crippen LogP contribution in [0.4, 0.5) is 5.69 Å². The lowest BCUT2D eigenvalue weighted by Gasteiger charge is -2.10. The minimum atomic E-state index is -4.10. The van der Waals surface area contributed by atoms with Gasteiger partial charge in [0, 0.05) is 18.2 Å². The Kier molecular flexibility index (Phi) is 7.47. The van der Waals surface area contributed by atoms with E-state index in [1.807, 2.05) is 30.3 Å². The van der Waals surface area contributed by atoms with Gasteiger partial charge in [-0.2, -0.15) is 13.5 Å². The largest absolute Gasteiger partial charge is 0.378 e. The highest BCUT2D eigenvalue weighted by molar-refractivity contribution is 9.10. The van der Waals surface area contributed by atoms with Crippen molar-refractivity contribution in [2.45, 2.75) is 11.8 Å². The molecule has 0 spiro atoms. The third kappa shape index (κ3) is 6.15. The predicted molar refractivity (Wildman–Crippen MR) is 142 cm³/mol. The molecular weight excluding hydrogens is 546 g/mol. The summed E-state index contributed by atoms with van der Waals surface area (Å²) >= 11 is 3.31. The molecule has 0 aromatic heterocycles. The molecule has 10 heteroatoms. The molecule has 4 rings (SSSR count). The number of hydrazone groups is 1. The molecule has 0 aliphatic heterocycles. The van der Waals surface area contributed by atoms with E-state index in [4.69, 9.17) is 4.18 Å². The topological polar surface area (TPSA) is 114 Å². The van der Waals surface area contributed by atoms with Crippen LogP contribution in [0, 0.1) is 0 Å². The monoisotopic (exact) mass is 565 g/mol. The average molecular weight is 566 g/mol. The first-order valence-electron chi connectivity index (χ1n) is 10.7. The van der Waals surface area contributed by atoms with Crippen molar-refractivity contribution in [2.75, 3.05) is 5.32 Å². The first-order valence-corrected chi connectivity index (χ1v) is 12.9. The van der Waals surface area contributed by atoms with Gasteiger partial charge in [-0.3, -0.25) is 9.59 Å². The first kappa shape index (κ1) is 25.1. The minimum Gasteiger partial charge on any atom is -0.378 e. The summed E-state index contributed by atoms with van der Waals surface area (Å²) in [5, 5.41) is 8.54. The van der Waals surface area contributed by atoms with Gasteiger partial charge in [0.25, 0.3) is 5.91 Å². The fourth-order valence-corrected chi connectivity index (χ4v) is 4.83. The van der Waals surface area contributed by atoms with Crippen molar-refractivity contribution in [1.82, 2.24) is 5.43 Å². The number of hydrogen-bond acceptors (Lipinski definition) is 6. The van der Waals surface area contributed by atoms with E-state index in [9.17, 15) is 18.0 Å². The summed E-state index contributed by atoms with van der Waals surface area (Å²) in [6.45, 7) is 1.36. The van der Waals surface area contributed by atoms with E-state index in [2.05, 4.69) is 31.8 Å². The van der Waals surface area contributed by atoms with Crippen molar-refractivity contribution in [3.63, 3.8) is 0 Å². The van der Waals surface area contributed by atoms with Gasteiger partial charge in [0.1, 0.15) is 4.90 Å². The van der Waals surface area contributed by atoms with Gasteiger partial charge < -0.3 is 9.50 Å². The maximum Gasteiger partial charge on any atom is 0.339 e. The lowest BCUT2D eigenvalue weighted by molar-refractivity contribution is -0.114. The van der Waals surface area contributed by atoms with Crippen molar-refractivity contribution in [3.05, 3.63) is 101 Å². The van der Waals surface area contributed by atoms with Crippen molar-refractivity contribution >= 4 is 60.5 Å². The number of rotatable bonds is 7. The number of carbonyl (C=O) groups is 2. The number of halogens is 1. The lowest BCUT2D eigenvalue weighted by Crippen LogP contribution is -2.17. The third-order valence-corrected chi connectivity index (χ3v) is 6.88. The van der Waals surface area contributed by atoms with Crippen molar-refractivity contribution in [2.24, 2.45) is 5.10 Å². The molecule has 0 heterocycles. The molecule has 2 N–H and O–H groups in total. The quantitative estimate of drug-likeness (QED) is 0.184. The fourth-order valence-electron chi connectivity index (χ4n) is 3.30. The molecule has 36 heavy (non-hydrogen) atoms. The lowest BCUT2D eigenvalue weighted by atomic mass is 10.1. The summed E-state index contributed by atoms with van der Waals surface area (Å²) in [5.74, 6) is -0.535. The van der Waals surface area contributed by atoms with Gasteiger partial charge in [0.05, 0.1) is 10.7 Å². The number of anilines is 1.